The smallest absolute Gasteiger partial charge is 0.143 e. The number of fused-ring (bicyclic) bond motifs is 7. The zero-order chi connectivity index (χ0) is 47.1. The largest absolute Gasteiger partial charge is 0.455 e. The number of furan rings is 1. The second-order valence-electron chi connectivity index (χ2n) is 11.5. The second-order valence-corrected chi connectivity index (χ2v) is 11.5. The van der Waals surface area contributed by atoms with Crippen LogP contribution >= 0.6 is 0 Å². The number of benzene rings is 9. The Morgan fingerprint density at radius 1 is 0.367 bits per heavy atom. The first kappa shape index (κ1) is 15.6. The zero-order valence-corrected chi connectivity index (χ0v) is 25.4. The minimum Gasteiger partial charge on any atom is -0.455 e. The third-order valence-corrected chi connectivity index (χ3v) is 8.74. The Labute approximate surface area is 308 Å². The van der Waals surface area contributed by atoms with Crippen molar-refractivity contribution in [2.75, 3.05) is 0 Å². The third kappa shape index (κ3) is 4.40. The maximum Gasteiger partial charge on any atom is 0.143 e. The molecule has 0 amide bonds. The molecule has 0 aliphatic heterocycles. The summed E-state index contributed by atoms with van der Waals surface area (Å²) in [6, 6.07) is 12.9. The van der Waals surface area contributed by atoms with Crippen LogP contribution in [0.5, 0.6) is 0 Å². The van der Waals surface area contributed by atoms with Crippen molar-refractivity contribution in [1.82, 2.24) is 0 Å². The minimum absolute atomic E-state index is 0.0150. The van der Waals surface area contributed by atoms with Gasteiger partial charge >= 0.3 is 0 Å². The molecule has 0 fully saturated rings. The summed E-state index contributed by atoms with van der Waals surface area (Å²) in [6.45, 7) is 0. The molecular formula is C48H30O. The second kappa shape index (κ2) is 11.1. The van der Waals surface area contributed by atoms with Crippen molar-refractivity contribution in [3.8, 4) is 44.5 Å². The summed E-state index contributed by atoms with van der Waals surface area (Å²) in [5, 5.41) is 0.603. The normalized spacial score (nSPS) is 16.5. The summed E-state index contributed by atoms with van der Waals surface area (Å²) in [4.78, 5) is 0. The summed E-state index contributed by atoms with van der Waals surface area (Å²) in [6.07, 6.45) is 0. The highest BCUT2D eigenvalue weighted by atomic mass is 16.3. The average molecular weight is 640 g/mol. The van der Waals surface area contributed by atoms with E-state index in [0.717, 1.165) is 0 Å². The Hall–Kier alpha value is -6.44. The molecule has 0 atom stereocenters. The van der Waals surface area contributed by atoms with Crippen molar-refractivity contribution >= 4 is 54.3 Å². The highest BCUT2D eigenvalue weighted by Gasteiger charge is 2.20. The summed E-state index contributed by atoms with van der Waals surface area (Å²) in [7, 11) is 0. The predicted molar refractivity (Wildman–Crippen MR) is 208 cm³/mol. The summed E-state index contributed by atoms with van der Waals surface area (Å²) in [5.74, 6) is 0. The van der Waals surface area contributed by atoms with Gasteiger partial charge in [0.1, 0.15) is 11.2 Å². The van der Waals surface area contributed by atoms with E-state index in [9.17, 15) is 9.60 Å². The standard InChI is InChI=1S/C48H30O/c1-2-12-31(13-3-1)32-22-24-34(25-23-32)36-15-6-7-17-39(36)47-42-20-10-8-18-40(42)46(41-19-9-11-21-43(41)47)35-27-28-38-44-29-26-33-14-4-5-16-37(33)48(44)49-45(38)30-35/h1-30H/i4D,5D,6D,7D,14D,15D,16D,17D,22D,23D,24D,25D,26D,27D,28D,29D,30D. The Bertz CT molecular complexity index is 3760. The average Bonchev–Trinajstić information content (AvgIpc) is 3.73. The molecule has 0 saturated heterocycles. The quantitative estimate of drug-likeness (QED) is 0.175. The van der Waals surface area contributed by atoms with Gasteiger partial charge in [-0.1, -0.05) is 163 Å². The summed E-state index contributed by atoms with van der Waals surface area (Å²) in [5.41, 5.74) is -0.424. The molecular weight excluding hydrogens is 593 g/mol. The number of rotatable bonds is 4. The van der Waals surface area contributed by atoms with E-state index in [1.165, 1.54) is 0 Å². The van der Waals surface area contributed by atoms with Crippen LogP contribution in [0, 0.1) is 0 Å². The van der Waals surface area contributed by atoms with E-state index in [1.54, 1.807) is 78.9 Å². The first-order valence-corrected chi connectivity index (χ1v) is 15.5. The molecule has 228 valence electrons. The van der Waals surface area contributed by atoms with E-state index < -0.39 is 103 Å². The van der Waals surface area contributed by atoms with Gasteiger partial charge in [-0.3, -0.25) is 0 Å². The minimum atomic E-state index is -0.662. The first-order chi connectivity index (χ1) is 31.4. The van der Waals surface area contributed by atoms with Crippen LogP contribution in [0.1, 0.15) is 23.3 Å². The van der Waals surface area contributed by atoms with Crippen molar-refractivity contribution in [2.45, 2.75) is 0 Å². The van der Waals surface area contributed by atoms with Crippen molar-refractivity contribution in [3.05, 3.63) is 182 Å². The van der Waals surface area contributed by atoms with Crippen LogP contribution in [0.2, 0.25) is 0 Å². The first-order valence-electron chi connectivity index (χ1n) is 24.0. The van der Waals surface area contributed by atoms with Crippen LogP contribution in [0.4, 0.5) is 0 Å². The molecule has 0 aliphatic rings. The molecule has 1 aromatic heterocycles. The topological polar surface area (TPSA) is 13.1 Å². The van der Waals surface area contributed by atoms with E-state index in [-0.39, 0.29) is 71.7 Å². The lowest BCUT2D eigenvalue weighted by Crippen LogP contribution is -1.92. The number of hydrogen-bond donors (Lipinski definition) is 0. The molecule has 49 heavy (non-hydrogen) atoms. The lowest BCUT2D eigenvalue weighted by Gasteiger charge is -2.19. The molecule has 10 aromatic rings. The van der Waals surface area contributed by atoms with Crippen LogP contribution in [0.3, 0.4) is 0 Å². The van der Waals surface area contributed by atoms with Crippen LogP contribution in [-0.4, -0.2) is 0 Å². The van der Waals surface area contributed by atoms with Gasteiger partial charge in [-0.05, 0) is 89.6 Å². The highest BCUT2D eigenvalue weighted by molar-refractivity contribution is 6.23. The SMILES string of the molecule is [2H]c1c([2H])c([2H])c(-c2c3ccccc3c(-c3c([2H])c([2H])c4c(oc5c6c([2H])c([2H])c([2H])c([2H])c6c([2H])c([2H])c54)c3[2H])c3ccccc23)c(-c2c([2H])c([2H])c(-c3ccccc3)c([2H])c2[2H])c1[2H]. The van der Waals surface area contributed by atoms with Crippen LogP contribution in [-0.2, 0) is 0 Å². The van der Waals surface area contributed by atoms with Crippen LogP contribution in [0.25, 0.3) is 98.8 Å². The van der Waals surface area contributed by atoms with E-state index in [4.69, 9.17) is 18.1 Å². The molecule has 0 unspecified atom stereocenters. The molecule has 0 saturated carbocycles. The van der Waals surface area contributed by atoms with Crippen molar-refractivity contribution < 1.29 is 27.7 Å². The van der Waals surface area contributed by atoms with Gasteiger partial charge < -0.3 is 4.42 Å². The molecule has 0 aliphatic carbocycles. The molecule has 9 aromatic carbocycles. The molecule has 10 rings (SSSR count). The Morgan fingerprint density at radius 3 is 1.67 bits per heavy atom. The summed E-state index contributed by atoms with van der Waals surface area (Å²) >= 11 is 0. The Kier molecular flexibility index (Phi) is 3.54. The maximum absolute atomic E-state index is 9.71. The van der Waals surface area contributed by atoms with E-state index in [0.29, 0.717) is 27.1 Å². The van der Waals surface area contributed by atoms with Gasteiger partial charge in [-0.2, -0.15) is 0 Å². The summed E-state index contributed by atoms with van der Waals surface area (Å²) < 4.78 is 160. The third-order valence-electron chi connectivity index (χ3n) is 8.74. The lowest BCUT2D eigenvalue weighted by molar-refractivity contribution is 0.673. The monoisotopic (exact) mass is 639 g/mol. The van der Waals surface area contributed by atoms with Gasteiger partial charge in [-0.25, -0.2) is 0 Å². The van der Waals surface area contributed by atoms with Crippen LogP contribution < -0.4 is 0 Å². The molecule has 1 heterocycles. The van der Waals surface area contributed by atoms with E-state index in [2.05, 4.69) is 0 Å². The zero-order valence-electron chi connectivity index (χ0n) is 42.4. The van der Waals surface area contributed by atoms with Crippen molar-refractivity contribution in [2.24, 2.45) is 0 Å². The maximum atomic E-state index is 9.71. The van der Waals surface area contributed by atoms with E-state index in [1.807, 2.05) is 0 Å². The lowest BCUT2D eigenvalue weighted by atomic mass is 9.83. The molecule has 0 spiro atoms. The molecule has 0 N–H and O–H groups in total. The highest BCUT2D eigenvalue weighted by Crippen LogP contribution is 2.47. The van der Waals surface area contributed by atoms with Crippen molar-refractivity contribution in [3.63, 3.8) is 0 Å². The van der Waals surface area contributed by atoms with Crippen molar-refractivity contribution in [1.29, 1.82) is 0 Å². The van der Waals surface area contributed by atoms with Gasteiger partial charge in [0.2, 0.25) is 0 Å². The molecule has 1 heteroatoms. The van der Waals surface area contributed by atoms with Gasteiger partial charge in [0, 0.05) is 16.2 Å². The fourth-order valence-corrected chi connectivity index (χ4v) is 6.57. The van der Waals surface area contributed by atoms with Gasteiger partial charge in [-0.15, -0.1) is 0 Å². The predicted octanol–water partition coefficient (Wildman–Crippen LogP) is 13.7. The van der Waals surface area contributed by atoms with Gasteiger partial charge in [0.05, 0.1) is 23.3 Å². The van der Waals surface area contributed by atoms with E-state index >= 15 is 0 Å². The number of hydrogen-bond acceptors (Lipinski definition) is 1. The fourth-order valence-electron chi connectivity index (χ4n) is 6.57. The fraction of sp³-hybridized carbons (Fsp3) is 0. The van der Waals surface area contributed by atoms with Crippen LogP contribution in [0.15, 0.2) is 186 Å². The Balaban J connectivity index is 1.35. The molecule has 0 bridgehead atoms. The van der Waals surface area contributed by atoms with Gasteiger partial charge in [0.15, 0.2) is 0 Å². The molecule has 1 nitrogen and oxygen atoms in total. The Morgan fingerprint density at radius 2 is 0.939 bits per heavy atom. The van der Waals surface area contributed by atoms with Gasteiger partial charge in [0.25, 0.3) is 0 Å². The molecule has 0 radical (unpaired) electrons.